The van der Waals surface area contributed by atoms with Crippen LogP contribution in [0.25, 0.3) is 17.1 Å². The first-order valence-electron chi connectivity index (χ1n) is 26.9. The monoisotopic (exact) mass is 1070 g/mol. The van der Waals surface area contributed by atoms with Gasteiger partial charge in [0.1, 0.15) is 47.3 Å². The number of aliphatic imine (C=N–C) groups is 1. The van der Waals surface area contributed by atoms with Crippen molar-refractivity contribution in [2.24, 2.45) is 28.7 Å². The van der Waals surface area contributed by atoms with Gasteiger partial charge in [-0.05, 0) is 122 Å². The second-order valence-corrected chi connectivity index (χ2v) is 22.7. The van der Waals surface area contributed by atoms with Crippen molar-refractivity contribution in [1.82, 2.24) is 14.9 Å². The molecule has 2 bridgehead atoms. The number of aromatic nitrogens is 2. The largest absolute Gasteiger partial charge is 0.482 e. The van der Waals surface area contributed by atoms with Gasteiger partial charge in [-0.2, -0.15) is 0 Å². The Morgan fingerprint density at radius 1 is 0.936 bits per heavy atom. The number of carbonyl (C=O) groups is 3. The third kappa shape index (κ3) is 9.08. The lowest BCUT2D eigenvalue weighted by Crippen LogP contribution is -2.82. The van der Waals surface area contributed by atoms with E-state index in [-0.39, 0.29) is 60.3 Å². The number of Topliss-reactive ketones (excluding diaryl/α,β-unsaturated/α-hetero) is 1. The van der Waals surface area contributed by atoms with Crippen molar-refractivity contribution in [1.29, 1.82) is 0 Å². The summed E-state index contributed by atoms with van der Waals surface area (Å²) in [6.45, 7) is 14.8. The number of nitrogens with zero attached hydrogens (tertiary/aromatic N) is 3. The number of fused-ring (bicyclic) bond motifs is 8. The van der Waals surface area contributed by atoms with E-state index in [1.165, 1.54) is 24.3 Å². The molecule has 3 saturated carbocycles. The van der Waals surface area contributed by atoms with Gasteiger partial charge in [0.15, 0.2) is 22.7 Å². The van der Waals surface area contributed by atoms with Gasteiger partial charge < -0.3 is 64.2 Å². The topological polar surface area (TPSA) is 261 Å². The average molecular weight is 1070 g/mol. The number of esters is 1. The standard InChI is InChI=1S/C60H70N4O14/c1-30(2)12-11-23-58(8)24-22-37-50(77-58)36(20-15-31(3)4)52-43(51(37)76-55(72)34-16-18-35(19-17-34)74-56-49(69)48(68)47(67)42(29-66)75-56)45-44-46(64-41-14-10-9-13-40(41)62-57(64)63-45)38-28-39(32(5)6)60(44,78-52)59(73,53(38)70)25-21-33(7)54(71)61-26-27-65/h9-10,12-19,21-22,24,32,38-39,42,44,46-49,56,65-69,73H,11,20,23,25-29H2,1-8H3,(H,61,71)/t38?,39?,42-,44?,46?,47-,48+,49-,56-,58?,59?,60?/m0/s1. The molecule has 78 heavy (non-hydrogen) atoms. The van der Waals surface area contributed by atoms with Crippen LogP contribution in [0.4, 0.5) is 5.95 Å². The molecule has 7 unspecified atom stereocenters. The first-order chi connectivity index (χ1) is 37.2. The molecule has 7 N–H and O–H groups in total. The zero-order valence-electron chi connectivity index (χ0n) is 45.2. The number of nitrogens with one attached hydrogen (secondary N) is 1. The van der Waals surface area contributed by atoms with Crippen molar-refractivity contribution in [3.8, 4) is 23.0 Å². The first-order valence-corrected chi connectivity index (χ1v) is 26.9. The number of ether oxygens (including phenoxy) is 5. The molecule has 4 fully saturated rings. The summed E-state index contributed by atoms with van der Waals surface area (Å²) < 4.78 is 35.2. The Labute approximate surface area is 452 Å². The summed E-state index contributed by atoms with van der Waals surface area (Å²) in [4.78, 5) is 54.6. The molecular formula is C60H70N4O14. The van der Waals surface area contributed by atoms with Crippen LogP contribution < -0.4 is 24.3 Å². The lowest BCUT2D eigenvalue weighted by Gasteiger charge is -2.68. The van der Waals surface area contributed by atoms with E-state index < -0.39 is 95.6 Å². The van der Waals surface area contributed by atoms with Gasteiger partial charge in [0.2, 0.25) is 18.1 Å². The Kier molecular flexibility index (Phi) is 14.7. The Morgan fingerprint density at radius 2 is 1.67 bits per heavy atom. The number of rotatable bonds is 16. The van der Waals surface area contributed by atoms with E-state index in [1.54, 1.807) is 13.0 Å². The fourth-order valence-electron chi connectivity index (χ4n) is 12.6. The van der Waals surface area contributed by atoms with Crippen molar-refractivity contribution >= 4 is 46.4 Å². The molecule has 4 aliphatic heterocycles. The van der Waals surface area contributed by atoms with Crippen molar-refractivity contribution < 1.29 is 68.7 Å². The molecule has 0 radical (unpaired) electrons. The molecular weight excluding hydrogens is 1000 g/mol. The Morgan fingerprint density at radius 3 is 2.36 bits per heavy atom. The number of amides is 1. The molecule has 3 aromatic carbocycles. The van der Waals surface area contributed by atoms with E-state index in [0.29, 0.717) is 58.9 Å². The van der Waals surface area contributed by atoms with Gasteiger partial charge in [-0.3, -0.25) is 9.59 Å². The third-order valence-electron chi connectivity index (χ3n) is 16.6. The molecule has 18 nitrogen and oxygen atoms in total. The van der Waals surface area contributed by atoms with Crippen molar-refractivity contribution in [3.63, 3.8) is 0 Å². The number of para-hydroxylation sites is 2. The van der Waals surface area contributed by atoms with E-state index in [9.17, 15) is 40.2 Å². The molecule has 7 aliphatic rings. The summed E-state index contributed by atoms with van der Waals surface area (Å²) in [5.41, 5.74) is 0.754. The second kappa shape index (κ2) is 20.9. The number of hydrogen-bond acceptors (Lipinski definition) is 16. The number of aliphatic hydroxyl groups is 6. The minimum Gasteiger partial charge on any atom is -0.482 e. The quantitative estimate of drug-likeness (QED) is 0.0280. The second-order valence-electron chi connectivity index (χ2n) is 22.7. The van der Waals surface area contributed by atoms with Crippen LogP contribution in [0.5, 0.6) is 23.0 Å². The zero-order chi connectivity index (χ0) is 55.7. The smallest absolute Gasteiger partial charge is 0.343 e. The molecule has 1 amide bonds. The normalized spacial score (nSPS) is 30.2. The maximum absolute atomic E-state index is 15.8. The van der Waals surface area contributed by atoms with E-state index in [2.05, 4.69) is 25.2 Å². The molecule has 5 heterocycles. The van der Waals surface area contributed by atoms with Crippen molar-refractivity contribution in [3.05, 3.63) is 112 Å². The lowest BCUT2D eigenvalue weighted by atomic mass is 9.43. The van der Waals surface area contributed by atoms with Gasteiger partial charge in [-0.25, -0.2) is 14.8 Å². The SMILES string of the molecule is CC(C)=CCCC1(C)C=Cc2c(c(CC=C(C)C)c3c(c2OC(=O)c2ccc(O[C@H]4O[C@@H](CO)[C@H](O)[C@@H](O)[C@@H]4O)cc2)C2=Nc4nc5ccccc5n4C4C5CC(C(C)C)C(O3)(C24)C(O)(CC=C(C)C(=O)NCCO)C5=O)O1. The van der Waals surface area contributed by atoms with Gasteiger partial charge in [-0.1, -0.05) is 55.4 Å². The highest BCUT2D eigenvalue weighted by Gasteiger charge is 2.79. The summed E-state index contributed by atoms with van der Waals surface area (Å²) in [5.74, 6) is -2.87. The Balaban J connectivity index is 1.20. The van der Waals surface area contributed by atoms with Crippen LogP contribution >= 0.6 is 0 Å². The first kappa shape index (κ1) is 54.8. The van der Waals surface area contributed by atoms with Crippen LogP contribution in [0.2, 0.25) is 0 Å². The summed E-state index contributed by atoms with van der Waals surface area (Å²) in [6, 6.07) is 12.7. The van der Waals surface area contributed by atoms with E-state index in [4.69, 9.17) is 33.7 Å². The van der Waals surface area contributed by atoms with Crippen LogP contribution in [0.15, 0.2) is 94.5 Å². The lowest BCUT2D eigenvalue weighted by molar-refractivity contribution is -0.277. The predicted octanol–water partition coefficient (Wildman–Crippen LogP) is 6.33. The Bertz CT molecular complexity index is 3200. The number of carbonyl (C=O) groups excluding carboxylic acids is 3. The van der Waals surface area contributed by atoms with Crippen LogP contribution in [-0.2, 0) is 20.7 Å². The molecule has 414 valence electrons. The Hall–Kier alpha value is -6.51. The maximum Gasteiger partial charge on any atom is 0.343 e. The van der Waals surface area contributed by atoms with Crippen LogP contribution in [-0.4, -0.2) is 131 Å². The van der Waals surface area contributed by atoms with Crippen LogP contribution in [0.3, 0.4) is 0 Å². The third-order valence-corrected chi connectivity index (χ3v) is 16.6. The van der Waals surface area contributed by atoms with Gasteiger partial charge in [0.25, 0.3) is 0 Å². The summed E-state index contributed by atoms with van der Waals surface area (Å²) >= 11 is 0. The van der Waals surface area contributed by atoms with Crippen LogP contribution in [0, 0.1) is 23.7 Å². The number of aliphatic hydroxyl groups excluding tert-OH is 5. The van der Waals surface area contributed by atoms with E-state index >= 15 is 4.79 Å². The number of imidazole rings is 1. The highest BCUT2D eigenvalue weighted by molar-refractivity contribution is 6.15. The van der Waals surface area contributed by atoms with E-state index in [0.717, 1.165) is 16.7 Å². The number of benzene rings is 3. The fraction of sp³-hybridized carbons (Fsp3) is 0.483. The molecule has 11 rings (SSSR count). The highest BCUT2D eigenvalue weighted by atomic mass is 16.7. The number of ketones is 1. The zero-order valence-corrected chi connectivity index (χ0v) is 45.2. The molecule has 3 aliphatic carbocycles. The molecule has 18 heteroatoms. The molecule has 1 saturated heterocycles. The molecule has 4 aromatic rings. The van der Waals surface area contributed by atoms with Gasteiger partial charge in [0, 0.05) is 35.9 Å². The molecule has 1 aromatic heterocycles. The van der Waals surface area contributed by atoms with Crippen molar-refractivity contribution in [2.75, 3.05) is 19.8 Å². The average Bonchev–Trinajstić information content (AvgIpc) is 1.60. The van der Waals surface area contributed by atoms with Gasteiger partial charge in [0.05, 0.1) is 58.6 Å². The minimum atomic E-state index is -2.25. The van der Waals surface area contributed by atoms with E-state index in [1.807, 2.05) is 81.7 Å². The molecule has 1 spiro atoms. The van der Waals surface area contributed by atoms with Gasteiger partial charge in [-0.15, -0.1) is 0 Å². The minimum absolute atomic E-state index is 0.0154. The molecule has 12 atom stereocenters. The summed E-state index contributed by atoms with van der Waals surface area (Å²) in [5, 5.41) is 67.2. The van der Waals surface area contributed by atoms with Crippen LogP contribution in [0.1, 0.15) is 114 Å². The summed E-state index contributed by atoms with van der Waals surface area (Å²) in [6.07, 6.45) is 3.65. The predicted molar refractivity (Wildman–Crippen MR) is 289 cm³/mol. The summed E-state index contributed by atoms with van der Waals surface area (Å²) in [7, 11) is 0. The number of allylic oxidation sites excluding steroid dienone is 4. The fourth-order valence-corrected chi connectivity index (χ4v) is 12.6. The maximum atomic E-state index is 15.8. The van der Waals surface area contributed by atoms with Crippen molar-refractivity contribution in [2.45, 2.75) is 141 Å². The van der Waals surface area contributed by atoms with Gasteiger partial charge >= 0.3 is 5.97 Å². The highest BCUT2D eigenvalue weighted by Crippen LogP contribution is 2.69. The number of hydrogen-bond donors (Lipinski definition) is 7.